The smallest absolute Gasteiger partial charge is 0.224 e. The molecule has 0 unspecified atom stereocenters. The topological polar surface area (TPSA) is 29.1 Å². The van der Waals surface area contributed by atoms with Crippen LogP contribution in [0.5, 0.6) is 0 Å². The molecule has 0 saturated carbocycles. The van der Waals surface area contributed by atoms with Gasteiger partial charge in [0.05, 0.1) is 10.7 Å². The van der Waals surface area contributed by atoms with Gasteiger partial charge in [-0.1, -0.05) is 47.5 Å². The summed E-state index contributed by atoms with van der Waals surface area (Å²) in [6, 6.07) is 14.7. The Balaban J connectivity index is 1.90. The van der Waals surface area contributed by atoms with Gasteiger partial charge in [0.1, 0.15) is 0 Å². The average molecular weight is 294 g/mol. The van der Waals surface area contributed by atoms with E-state index in [1.165, 1.54) is 0 Å². The lowest BCUT2D eigenvalue weighted by molar-refractivity contribution is -0.116. The van der Waals surface area contributed by atoms with Crippen LogP contribution in [0, 0.1) is 0 Å². The standard InChI is InChI=1S/C15H13Cl2NO/c16-12-5-3-4-11(10-12)8-9-15(19)18-14-7-2-1-6-13(14)17/h1-7,10H,8-9H2,(H,18,19). The van der Waals surface area contributed by atoms with Gasteiger partial charge >= 0.3 is 0 Å². The van der Waals surface area contributed by atoms with E-state index in [1.54, 1.807) is 12.1 Å². The molecule has 0 aromatic heterocycles. The first-order valence-electron chi connectivity index (χ1n) is 5.94. The molecule has 0 spiro atoms. The minimum Gasteiger partial charge on any atom is -0.325 e. The monoisotopic (exact) mass is 293 g/mol. The van der Waals surface area contributed by atoms with Crippen LogP contribution in [0.15, 0.2) is 48.5 Å². The summed E-state index contributed by atoms with van der Waals surface area (Å²) in [5.41, 5.74) is 1.68. The lowest BCUT2D eigenvalue weighted by Crippen LogP contribution is -2.12. The highest BCUT2D eigenvalue weighted by Crippen LogP contribution is 2.20. The van der Waals surface area contributed by atoms with E-state index in [0.29, 0.717) is 28.6 Å². The van der Waals surface area contributed by atoms with Crippen LogP contribution >= 0.6 is 23.2 Å². The molecule has 19 heavy (non-hydrogen) atoms. The van der Waals surface area contributed by atoms with Gasteiger partial charge in [-0.25, -0.2) is 0 Å². The second-order valence-corrected chi connectivity index (χ2v) is 5.00. The molecule has 0 fully saturated rings. The van der Waals surface area contributed by atoms with Crippen LogP contribution in [0.25, 0.3) is 0 Å². The molecule has 98 valence electrons. The molecule has 1 amide bonds. The van der Waals surface area contributed by atoms with E-state index < -0.39 is 0 Å². The molecule has 0 aliphatic heterocycles. The number of hydrogen-bond acceptors (Lipinski definition) is 1. The summed E-state index contributed by atoms with van der Waals surface area (Å²) in [4.78, 5) is 11.8. The maximum absolute atomic E-state index is 11.8. The molecule has 0 atom stereocenters. The minimum absolute atomic E-state index is 0.0620. The van der Waals surface area contributed by atoms with Crippen LogP contribution in [-0.4, -0.2) is 5.91 Å². The summed E-state index contributed by atoms with van der Waals surface area (Å²) in [5, 5.41) is 4.02. The molecular formula is C15H13Cl2NO. The van der Waals surface area contributed by atoms with Gasteiger partial charge < -0.3 is 5.32 Å². The molecule has 2 nitrogen and oxygen atoms in total. The first kappa shape index (κ1) is 13.9. The van der Waals surface area contributed by atoms with Crippen molar-refractivity contribution in [3.05, 3.63) is 64.1 Å². The maximum atomic E-state index is 11.8. The summed E-state index contributed by atoms with van der Waals surface area (Å²) < 4.78 is 0. The van der Waals surface area contributed by atoms with E-state index in [0.717, 1.165) is 5.56 Å². The van der Waals surface area contributed by atoms with Crippen molar-refractivity contribution in [3.63, 3.8) is 0 Å². The molecule has 2 aromatic carbocycles. The number of hydrogen-bond donors (Lipinski definition) is 1. The van der Waals surface area contributed by atoms with Crippen LogP contribution in [0.1, 0.15) is 12.0 Å². The Hall–Kier alpha value is -1.51. The second kappa shape index (κ2) is 6.60. The second-order valence-electron chi connectivity index (χ2n) is 4.16. The third-order valence-corrected chi connectivity index (χ3v) is 3.24. The lowest BCUT2D eigenvalue weighted by Gasteiger charge is -2.07. The Labute approximate surface area is 122 Å². The van der Waals surface area contributed by atoms with E-state index in [2.05, 4.69) is 5.32 Å². The number of rotatable bonds is 4. The van der Waals surface area contributed by atoms with Gasteiger partial charge in [-0.15, -0.1) is 0 Å². The molecule has 0 bridgehead atoms. The van der Waals surface area contributed by atoms with Crippen LogP contribution in [0.4, 0.5) is 5.69 Å². The third kappa shape index (κ3) is 4.27. The minimum atomic E-state index is -0.0620. The zero-order chi connectivity index (χ0) is 13.7. The molecule has 0 radical (unpaired) electrons. The molecule has 0 aliphatic rings. The molecule has 1 N–H and O–H groups in total. The number of carbonyl (C=O) groups is 1. The summed E-state index contributed by atoms with van der Waals surface area (Å²) >= 11 is 11.9. The van der Waals surface area contributed by atoms with Crippen LogP contribution in [0.2, 0.25) is 10.0 Å². The summed E-state index contributed by atoms with van der Waals surface area (Å²) in [6.45, 7) is 0. The SMILES string of the molecule is O=C(CCc1cccc(Cl)c1)Nc1ccccc1Cl. The maximum Gasteiger partial charge on any atom is 0.224 e. The fraction of sp³-hybridized carbons (Fsp3) is 0.133. The molecule has 0 aliphatic carbocycles. The number of carbonyl (C=O) groups excluding carboxylic acids is 1. The van der Waals surface area contributed by atoms with Crippen molar-refractivity contribution in [2.75, 3.05) is 5.32 Å². The Morgan fingerprint density at radius 3 is 2.58 bits per heavy atom. The van der Waals surface area contributed by atoms with Crippen molar-refractivity contribution in [3.8, 4) is 0 Å². The van der Waals surface area contributed by atoms with Gasteiger partial charge in [0.25, 0.3) is 0 Å². The number of benzene rings is 2. The number of aryl methyl sites for hydroxylation is 1. The van der Waals surface area contributed by atoms with E-state index in [4.69, 9.17) is 23.2 Å². The first-order chi connectivity index (χ1) is 9.15. The molecule has 2 aromatic rings. The Morgan fingerprint density at radius 2 is 1.84 bits per heavy atom. The van der Waals surface area contributed by atoms with Crippen LogP contribution in [-0.2, 0) is 11.2 Å². The van der Waals surface area contributed by atoms with Gasteiger partial charge in [-0.3, -0.25) is 4.79 Å². The van der Waals surface area contributed by atoms with Crippen LogP contribution < -0.4 is 5.32 Å². The normalized spacial score (nSPS) is 10.2. The van der Waals surface area contributed by atoms with E-state index in [9.17, 15) is 4.79 Å². The highest BCUT2D eigenvalue weighted by molar-refractivity contribution is 6.33. The molecule has 2 rings (SSSR count). The van der Waals surface area contributed by atoms with Gasteiger partial charge in [-0.05, 0) is 36.2 Å². The highest BCUT2D eigenvalue weighted by Gasteiger charge is 2.05. The molecule has 0 saturated heterocycles. The fourth-order valence-electron chi connectivity index (χ4n) is 1.73. The summed E-state index contributed by atoms with van der Waals surface area (Å²) in [7, 11) is 0. The summed E-state index contributed by atoms with van der Waals surface area (Å²) in [6.07, 6.45) is 1.04. The van der Waals surface area contributed by atoms with Crippen molar-refractivity contribution >= 4 is 34.8 Å². The zero-order valence-electron chi connectivity index (χ0n) is 10.2. The number of para-hydroxylation sites is 1. The molecule has 4 heteroatoms. The zero-order valence-corrected chi connectivity index (χ0v) is 11.7. The van der Waals surface area contributed by atoms with E-state index >= 15 is 0 Å². The van der Waals surface area contributed by atoms with Gasteiger partial charge in [0.2, 0.25) is 5.91 Å². The fourth-order valence-corrected chi connectivity index (χ4v) is 2.12. The predicted molar refractivity (Wildman–Crippen MR) is 79.9 cm³/mol. The lowest BCUT2D eigenvalue weighted by atomic mass is 10.1. The Bertz CT molecular complexity index is 584. The predicted octanol–water partition coefficient (Wildman–Crippen LogP) is 4.56. The Kier molecular flexibility index (Phi) is 4.83. The van der Waals surface area contributed by atoms with Crippen molar-refractivity contribution < 1.29 is 4.79 Å². The average Bonchev–Trinajstić information content (AvgIpc) is 2.39. The largest absolute Gasteiger partial charge is 0.325 e. The van der Waals surface area contributed by atoms with Crippen molar-refractivity contribution in [1.29, 1.82) is 0 Å². The van der Waals surface area contributed by atoms with Gasteiger partial charge in [0, 0.05) is 11.4 Å². The van der Waals surface area contributed by atoms with Crippen molar-refractivity contribution in [2.24, 2.45) is 0 Å². The highest BCUT2D eigenvalue weighted by atomic mass is 35.5. The molecule has 0 heterocycles. The van der Waals surface area contributed by atoms with Crippen molar-refractivity contribution in [2.45, 2.75) is 12.8 Å². The van der Waals surface area contributed by atoms with Crippen LogP contribution in [0.3, 0.4) is 0 Å². The van der Waals surface area contributed by atoms with E-state index in [-0.39, 0.29) is 5.91 Å². The van der Waals surface area contributed by atoms with Gasteiger partial charge in [-0.2, -0.15) is 0 Å². The van der Waals surface area contributed by atoms with Gasteiger partial charge in [0.15, 0.2) is 0 Å². The number of nitrogens with one attached hydrogen (secondary N) is 1. The molecular weight excluding hydrogens is 281 g/mol. The third-order valence-electron chi connectivity index (χ3n) is 2.68. The van der Waals surface area contributed by atoms with Crippen molar-refractivity contribution in [1.82, 2.24) is 0 Å². The first-order valence-corrected chi connectivity index (χ1v) is 6.69. The van der Waals surface area contributed by atoms with E-state index in [1.807, 2.05) is 36.4 Å². The number of halogens is 2. The number of anilines is 1. The summed E-state index contributed by atoms with van der Waals surface area (Å²) in [5.74, 6) is -0.0620. The Morgan fingerprint density at radius 1 is 1.05 bits per heavy atom. The number of amides is 1. The quantitative estimate of drug-likeness (QED) is 0.879.